The molecule has 2 saturated heterocycles. The molecule has 4 aliphatic rings. The molecule has 3 amide bonds. The van der Waals surface area contributed by atoms with E-state index in [2.05, 4.69) is 15.6 Å². The summed E-state index contributed by atoms with van der Waals surface area (Å²) in [6.07, 6.45) is 11.0. The molecule has 2 bridgehead atoms. The van der Waals surface area contributed by atoms with Crippen molar-refractivity contribution in [3.63, 3.8) is 0 Å². The van der Waals surface area contributed by atoms with Gasteiger partial charge in [-0.05, 0) is 37.1 Å². The van der Waals surface area contributed by atoms with E-state index in [9.17, 15) is 18.8 Å². The molecule has 1 aromatic heterocycles. The number of benzene rings is 1. The number of para-hydroxylation sites is 1. The Labute approximate surface area is 207 Å². The lowest BCUT2D eigenvalue weighted by atomic mass is 9.74. The van der Waals surface area contributed by atoms with E-state index in [4.69, 9.17) is 4.74 Å². The van der Waals surface area contributed by atoms with E-state index >= 15 is 0 Å². The number of rotatable bonds is 5. The number of amides is 3. The minimum absolute atomic E-state index is 0.0319. The van der Waals surface area contributed by atoms with E-state index in [0.717, 1.165) is 32.1 Å². The van der Waals surface area contributed by atoms with Gasteiger partial charge < -0.3 is 15.4 Å². The van der Waals surface area contributed by atoms with Crippen molar-refractivity contribution in [2.75, 3.05) is 10.2 Å². The van der Waals surface area contributed by atoms with Crippen LogP contribution in [0, 0.1) is 17.7 Å². The Kier molecular flexibility index (Phi) is 5.59. The minimum atomic E-state index is -1.30. The first-order valence-electron chi connectivity index (χ1n) is 12.5. The van der Waals surface area contributed by atoms with Crippen LogP contribution in [0.15, 0.2) is 60.9 Å². The molecule has 1 aromatic carbocycles. The van der Waals surface area contributed by atoms with Gasteiger partial charge in [0.1, 0.15) is 17.5 Å². The summed E-state index contributed by atoms with van der Waals surface area (Å²) in [5.41, 5.74) is -0.804. The van der Waals surface area contributed by atoms with Gasteiger partial charge >= 0.3 is 0 Å². The van der Waals surface area contributed by atoms with Crippen LogP contribution in [0.4, 0.5) is 15.8 Å². The molecule has 5 atom stereocenters. The van der Waals surface area contributed by atoms with E-state index in [1.807, 2.05) is 0 Å². The van der Waals surface area contributed by atoms with Crippen LogP contribution in [0.5, 0.6) is 0 Å². The predicted octanol–water partition coefficient (Wildman–Crippen LogP) is 2.96. The molecule has 1 saturated carbocycles. The highest BCUT2D eigenvalue weighted by atomic mass is 19.1. The smallest absolute Gasteiger partial charge is 0.246 e. The van der Waals surface area contributed by atoms with Crippen LogP contribution in [0.3, 0.4) is 0 Å². The van der Waals surface area contributed by atoms with Gasteiger partial charge in [-0.2, -0.15) is 0 Å². The molecule has 0 radical (unpaired) electrons. The summed E-state index contributed by atoms with van der Waals surface area (Å²) in [6.45, 7) is 0. The van der Waals surface area contributed by atoms with E-state index in [0.29, 0.717) is 5.69 Å². The fourth-order valence-electron chi connectivity index (χ4n) is 6.25. The highest BCUT2D eigenvalue weighted by Crippen LogP contribution is 2.56. The molecule has 1 spiro atoms. The van der Waals surface area contributed by atoms with E-state index in [1.165, 1.54) is 29.3 Å². The lowest BCUT2D eigenvalue weighted by Gasteiger charge is -2.34. The maximum atomic E-state index is 14.2. The zero-order valence-electron chi connectivity index (χ0n) is 19.6. The van der Waals surface area contributed by atoms with Crippen LogP contribution >= 0.6 is 0 Å². The highest BCUT2D eigenvalue weighted by Gasteiger charge is 2.73. The zero-order valence-corrected chi connectivity index (χ0v) is 19.6. The van der Waals surface area contributed by atoms with Gasteiger partial charge in [-0.25, -0.2) is 4.39 Å². The van der Waals surface area contributed by atoms with E-state index in [-0.39, 0.29) is 23.5 Å². The first-order valence-corrected chi connectivity index (χ1v) is 12.5. The van der Waals surface area contributed by atoms with Crippen LogP contribution in [0.1, 0.15) is 32.1 Å². The molecule has 1 aliphatic carbocycles. The predicted molar refractivity (Wildman–Crippen MR) is 129 cm³/mol. The number of hydrogen-bond donors (Lipinski definition) is 2. The number of fused-ring (bicyclic) bond motifs is 1. The molecule has 6 rings (SSSR count). The number of carbonyl (C=O) groups is 3. The summed E-state index contributed by atoms with van der Waals surface area (Å²) in [6, 6.07) is 8.33. The third-order valence-corrected chi connectivity index (χ3v) is 7.83. The Morgan fingerprint density at radius 1 is 1.08 bits per heavy atom. The molecular formula is C27H27FN4O4. The number of hydrogen-bond acceptors (Lipinski definition) is 5. The van der Waals surface area contributed by atoms with Crippen molar-refractivity contribution in [3.8, 4) is 0 Å². The summed E-state index contributed by atoms with van der Waals surface area (Å²) >= 11 is 0. The monoisotopic (exact) mass is 490 g/mol. The number of pyridine rings is 1. The van der Waals surface area contributed by atoms with Crippen LogP contribution in [-0.2, 0) is 19.1 Å². The van der Waals surface area contributed by atoms with Crippen molar-refractivity contribution in [1.29, 1.82) is 0 Å². The molecule has 2 N–H and O–H groups in total. The Morgan fingerprint density at radius 2 is 1.89 bits per heavy atom. The van der Waals surface area contributed by atoms with Gasteiger partial charge in [-0.15, -0.1) is 0 Å². The average Bonchev–Trinajstić information content (AvgIpc) is 3.54. The van der Waals surface area contributed by atoms with Crippen molar-refractivity contribution < 1.29 is 23.5 Å². The third-order valence-electron chi connectivity index (χ3n) is 7.83. The number of nitrogens with zero attached hydrogens (tertiary/aromatic N) is 2. The molecule has 8 nitrogen and oxygen atoms in total. The standard InChI is InChI=1S/C27H27FN4O4/c28-18-10-4-5-11-19(18)31-24(33)21-20-12-13-27(36-20)22(21)26(35)32(17-9-6-14-29-15-17)23(27)25(34)30-16-7-2-1-3-8-16/h4-6,9-16,20-23H,1-3,7-8H2,(H,30,34)(H,31,33)/t20-,21-,22-,23+,27+/m1/s1. The molecule has 3 aliphatic heterocycles. The van der Waals surface area contributed by atoms with Crippen LogP contribution < -0.4 is 15.5 Å². The van der Waals surface area contributed by atoms with Gasteiger partial charge in [0.15, 0.2) is 0 Å². The fourth-order valence-corrected chi connectivity index (χ4v) is 6.25. The lowest BCUT2D eigenvalue weighted by Crippen LogP contribution is -2.56. The second kappa shape index (κ2) is 8.81. The quantitative estimate of drug-likeness (QED) is 0.628. The van der Waals surface area contributed by atoms with Gasteiger partial charge in [0, 0.05) is 12.2 Å². The summed E-state index contributed by atoms with van der Waals surface area (Å²) in [5.74, 6) is -3.61. The summed E-state index contributed by atoms with van der Waals surface area (Å²) in [4.78, 5) is 46.7. The van der Waals surface area contributed by atoms with Crippen LogP contribution in [0.2, 0.25) is 0 Å². The van der Waals surface area contributed by atoms with Crippen LogP contribution in [-0.4, -0.2) is 46.5 Å². The normalized spacial score (nSPS) is 30.9. The van der Waals surface area contributed by atoms with Gasteiger partial charge in [0.05, 0.1) is 35.5 Å². The number of anilines is 2. The molecule has 36 heavy (non-hydrogen) atoms. The summed E-state index contributed by atoms with van der Waals surface area (Å²) in [5, 5.41) is 5.77. The summed E-state index contributed by atoms with van der Waals surface area (Å²) < 4.78 is 20.6. The Balaban J connectivity index is 1.36. The van der Waals surface area contributed by atoms with Crippen molar-refractivity contribution in [1.82, 2.24) is 10.3 Å². The lowest BCUT2D eigenvalue weighted by molar-refractivity contribution is -0.129. The van der Waals surface area contributed by atoms with E-state index in [1.54, 1.807) is 36.5 Å². The topological polar surface area (TPSA) is 101 Å². The molecule has 4 heterocycles. The maximum absolute atomic E-state index is 14.2. The molecule has 0 unspecified atom stereocenters. The van der Waals surface area contributed by atoms with Gasteiger partial charge in [-0.1, -0.05) is 43.5 Å². The summed E-state index contributed by atoms with van der Waals surface area (Å²) in [7, 11) is 0. The van der Waals surface area contributed by atoms with Crippen LogP contribution in [0.25, 0.3) is 0 Å². The molecule has 2 aromatic rings. The van der Waals surface area contributed by atoms with E-state index < -0.39 is 41.3 Å². The highest BCUT2D eigenvalue weighted by molar-refractivity contribution is 6.11. The molecular weight excluding hydrogens is 463 g/mol. The van der Waals surface area contributed by atoms with Crippen molar-refractivity contribution in [3.05, 3.63) is 66.8 Å². The third kappa shape index (κ3) is 3.52. The minimum Gasteiger partial charge on any atom is -0.359 e. The Morgan fingerprint density at radius 3 is 2.64 bits per heavy atom. The van der Waals surface area contributed by atoms with Crippen molar-refractivity contribution >= 4 is 29.1 Å². The Hall–Kier alpha value is -3.59. The van der Waals surface area contributed by atoms with Gasteiger partial charge in [0.2, 0.25) is 17.7 Å². The number of halogens is 1. The Bertz CT molecular complexity index is 1230. The largest absolute Gasteiger partial charge is 0.359 e. The number of ether oxygens (including phenoxy) is 1. The SMILES string of the molecule is O=C(Nc1ccccc1F)[C@@H]1[C@H]2C=C[C@@]3(O2)[C@H](C(=O)NC2CCCCC2)N(c2cccnc2)C(=O)[C@@H]13. The molecule has 3 fully saturated rings. The average molecular weight is 491 g/mol. The first kappa shape index (κ1) is 22.8. The molecule has 186 valence electrons. The first-order chi connectivity index (χ1) is 17.5. The molecule has 9 heteroatoms. The second-order valence-corrected chi connectivity index (χ2v) is 9.93. The second-order valence-electron chi connectivity index (χ2n) is 9.93. The van der Waals surface area contributed by atoms with Gasteiger partial charge in [-0.3, -0.25) is 24.3 Å². The van der Waals surface area contributed by atoms with Gasteiger partial charge in [0.25, 0.3) is 0 Å². The van der Waals surface area contributed by atoms with Crippen molar-refractivity contribution in [2.24, 2.45) is 11.8 Å². The number of carbonyl (C=O) groups excluding carboxylic acids is 3. The fraction of sp³-hybridized carbons (Fsp3) is 0.407. The number of nitrogens with one attached hydrogen (secondary N) is 2. The zero-order chi connectivity index (χ0) is 24.9. The number of aromatic nitrogens is 1. The maximum Gasteiger partial charge on any atom is 0.246 e. The van der Waals surface area contributed by atoms with Crippen molar-refractivity contribution in [2.45, 2.75) is 55.9 Å².